The molecule has 0 heterocycles. The number of nitrogens with one attached hydrogen (secondary N) is 1. The van der Waals surface area contributed by atoms with E-state index in [0.717, 1.165) is 11.1 Å². The fourth-order valence-electron chi connectivity index (χ4n) is 9.44. The number of nitrogens with two attached hydrogens (primary N) is 1. The van der Waals surface area contributed by atoms with Crippen molar-refractivity contribution in [2.75, 3.05) is 0 Å². The molecule has 3 N–H and O–H groups in total. The molecule has 0 unspecified atom stereocenters. The zero-order valence-electron chi connectivity index (χ0n) is 30.6. The highest BCUT2D eigenvalue weighted by molar-refractivity contribution is 6.21. The minimum atomic E-state index is -0.380. The molecule has 260 valence electrons. The first-order chi connectivity index (χ1) is 27.1. The molecule has 2 nitrogen and oxygen atoms in total. The molecule has 0 radical (unpaired) electrons. The third-order valence-electron chi connectivity index (χ3n) is 11.6. The SMILES string of the molecule is Cc1cc2c(c3ccccc13)C1(c3ccccc3-c3ccccc31)c1c-2c2ccccc2c2ccccc12.N=C(/C=C(\N)c1ccccc1)c1ccccc1. The maximum atomic E-state index is 7.95. The van der Waals surface area contributed by atoms with Gasteiger partial charge in [0.25, 0.3) is 0 Å². The zero-order chi connectivity index (χ0) is 37.1. The van der Waals surface area contributed by atoms with Gasteiger partial charge in [0.15, 0.2) is 0 Å². The van der Waals surface area contributed by atoms with Crippen molar-refractivity contribution in [3.05, 3.63) is 233 Å². The number of fused-ring (bicyclic) bond motifs is 17. The molecule has 55 heavy (non-hydrogen) atoms. The van der Waals surface area contributed by atoms with Crippen LogP contribution in [-0.2, 0) is 5.41 Å². The van der Waals surface area contributed by atoms with Crippen LogP contribution in [-0.4, -0.2) is 5.71 Å². The van der Waals surface area contributed by atoms with Crippen molar-refractivity contribution >= 4 is 43.7 Å². The molecular weight excluding hydrogens is 665 g/mol. The predicted molar refractivity (Wildman–Crippen MR) is 232 cm³/mol. The lowest BCUT2D eigenvalue weighted by Gasteiger charge is -2.32. The van der Waals surface area contributed by atoms with Gasteiger partial charge in [-0.2, -0.15) is 0 Å². The minimum absolute atomic E-state index is 0.380. The van der Waals surface area contributed by atoms with Crippen LogP contribution in [0.2, 0.25) is 0 Å². The smallest absolute Gasteiger partial charge is 0.0737 e. The van der Waals surface area contributed by atoms with Crippen molar-refractivity contribution in [1.82, 2.24) is 0 Å². The topological polar surface area (TPSA) is 49.9 Å². The van der Waals surface area contributed by atoms with E-state index >= 15 is 0 Å². The number of allylic oxidation sites excluding steroid dienone is 1. The maximum absolute atomic E-state index is 7.95. The van der Waals surface area contributed by atoms with Gasteiger partial charge in [0.05, 0.1) is 11.1 Å². The Hall–Kier alpha value is -7.03. The van der Waals surface area contributed by atoms with Crippen LogP contribution in [0.15, 0.2) is 194 Å². The van der Waals surface area contributed by atoms with Gasteiger partial charge in [-0.3, -0.25) is 0 Å². The van der Waals surface area contributed by atoms with Crippen LogP contribution >= 0.6 is 0 Å². The van der Waals surface area contributed by atoms with Crippen molar-refractivity contribution in [1.29, 1.82) is 5.41 Å². The molecule has 0 bridgehead atoms. The first-order valence-corrected chi connectivity index (χ1v) is 18.9. The largest absolute Gasteiger partial charge is 0.398 e. The molecule has 2 aliphatic carbocycles. The van der Waals surface area contributed by atoms with Crippen LogP contribution in [0.1, 0.15) is 38.9 Å². The average Bonchev–Trinajstić information content (AvgIpc) is 3.72. The molecule has 2 heteroatoms. The molecule has 0 aliphatic heterocycles. The van der Waals surface area contributed by atoms with Crippen LogP contribution in [0.3, 0.4) is 0 Å². The molecule has 9 aromatic rings. The Morgan fingerprint density at radius 3 is 1.49 bits per heavy atom. The average molecular weight is 703 g/mol. The predicted octanol–water partition coefficient (Wildman–Crippen LogP) is 12.9. The molecule has 0 aromatic heterocycles. The van der Waals surface area contributed by atoms with Crippen molar-refractivity contribution < 1.29 is 0 Å². The molecule has 0 amide bonds. The Bertz CT molecular complexity index is 2960. The quantitative estimate of drug-likeness (QED) is 0.140. The Labute approximate surface area is 321 Å². The highest BCUT2D eigenvalue weighted by Crippen LogP contribution is 2.66. The second-order valence-electron chi connectivity index (χ2n) is 14.6. The lowest BCUT2D eigenvalue weighted by molar-refractivity contribution is 0.809. The summed E-state index contributed by atoms with van der Waals surface area (Å²) in [6, 6.07) is 67.1. The van der Waals surface area contributed by atoms with Gasteiger partial charge in [-0.05, 0) is 107 Å². The van der Waals surface area contributed by atoms with Gasteiger partial charge >= 0.3 is 0 Å². The Balaban J connectivity index is 0.000000185. The molecule has 1 spiro atoms. The molecule has 0 fully saturated rings. The second-order valence-corrected chi connectivity index (χ2v) is 14.6. The molecule has 0 saturated heterocycles. The first kappa shape index (κ1) is 32.6. The lowest BCUT2D eigenvalue weighted by atomic mass is 9.68. The molecule has 2 aliphatic rings. The maximum Gasteiger partial charge on any atom is 0.0737 e. The van der Waals surface area contributed by atoms with E-state index in [2.05, 4.69) is 134 Å². The number of aryl methyl sites for hydroxylation is 1. The van der Waals surface area contributed by atoms with Gasteiger partial charge in [-0.1, -0.05) is 188 Å². The summed E-state index contributed by atoms with van der Waals surface area (Å²) in [5, 5.41) is 16.0. The van der Waals surface area contributed by atoms with Gasteiger partial charge in [-0.25, -0.2) is 0 Å². The summed E-state index contributed by atoms with van der Waals surface area (Å²) in [4.78, 5) is 0. The van der Waals surface area contributed by atoms with Crippen LogP contribution < -0.4 is 5.73 Å². The molecule has 9 aromatic carbocycles. The Kier molecular flexibility index (Phi) is 7.60. The van der Waals surface area contributed by atoms with Gasteiger partial charge in [0.1, 0.15) is 0 Å². The molecule has 11 rings (SSSR count). The fraction of sp³-hybridized carbons (Fsp3) is 0.0377. The highest BCUT2D eigenvalue weighted by Gasteiger charge is 2.53. The van der Waals surface area contributed by atoms with Gasteiger partial charge in [0, 0.05) is 5.70 Å². The number of hydrogen-bond acceptors (Lipinski definition) is 2. The van der Waals surface area contributed by atoms with E-state index in [9.17, 15) is 0 Å². The third kappa shape index (κ3) is 4.85. The molecular formula is C53H38N2. The van der Waals surface area contributed by atoms with E-state index in [1.807, 2.05) is 60.7 Å². The van der Waals surface area contributed by atoms with Crippen molar-refractivity contribution in [3.63, 3.8) is 0 Å². The lowest BCUT2D eigenvalue weighted by Crippen LogP contribution is -2.26. The van der Waals surface area contributed by atoms with E-state index in [0.29, 0.717) is 11.4 Å². The molecule has 0 saturated carbocycles. The van der Waals surface area contributed by atoms with Crippen LogP contribution in [0, 0.1) is 12.3 Å². The second kappa shape index (κ2) is 12.8. The summed E-state index contributed by atoms with van der Waals surface area (Å²) < 4.78 is 0. The monoisotopic (exact) mass is 702 g/mol. The van der Waals surface area contributed by atoms with Crippen LogP contribution in [0.5, 0.6) is 0 Å². The Morgan fingerprint density at radius 1 is 0.455 bits per heavy atom. The van der Waals surface area contributed by atoms with Gasteiger partial charge in [0.2, 0.25) is 0 Å². The Morgan fingerprint density at radius 2 is 0.891 bits per heavy atom. The van der Waals surface area contributed by atoms with Gasteiger partial charge in [-0.15, -0.1) is 0 Å². The summed E-state index contributed by atoms with van der Waals surface area (Å²) >= 11 is 0. The highest BCUT2D eigenvalue weighted by atomic mass is 14.6. The summed E-state index contributed by atoms with van der Waals surface area (Å²) in [5.41, 5.74) is 20.9. The molecule has 0 atom stereocenters. The third-order valence-corrected chi connectivity index (χ3v) is 11.6. The number of hydrogen-bond donors (Lipinski definition) is 2. The van der Waals surface area contributed by atoms with Crippen molar-refractivity contribution in [2.24, 2.45) is 5.73 Å². The first-order valence-electron chi connectivity index (χ1n) is 18.9. The van der Waals surface area contributed by atoms with E-state index in [-0.39, 0.29) is 5.41 Å². The fourth-order valence-corrected chi connectivity index (χ4v) is 9.44. The van der Waals surface area contributed by atoms with Crippen LogP contribution in [0.4, 0.5) is 0 Å². The summed E-state index contributed by atoms with van der Waals surface area (Å²) in [7, 11) is 0. The van der Waals surface area contributed by atoms with Crippen molar-refractivity contribution in [3.8, 4) is 22.3 Å². The number of benzene rings is 9. The summed E-state index contributed by atoms with van der Waals surface area (Å²) in [6.45, 7) is 2.27. The van der Waals surface area contributed by atoms with Crippen molar-refractivity contribution in [2.45, 2.75) is 12.3 Å². The normalized spacial score (nSPS) is 13.2. The van der Waals surface area contributed by atoms with E-state index in [1.54, 1.807) is 6.08 Å². The van der Waals surface area contributed by atoms with Gasteiger partial charge < -0.3 is 11.1 Å². The summed E-state index contributed by atoms with van der Waals surface area (Å²) in [5.74, 6) is 0. The summed E-state index contributed by atoms with van der Waals surface area (Å²) in [6.07, 6.45) is 1.69. The van der Waals surface area contributed by atoms with E-state index in [4.69, 9.17) is 11.1 Å². The van der Waals surface area contributed by atoms with E-state index in [1.165, 1.54) is 82.4 Å². The van der Waals surface area contributed by atoms with E-state index < -0.39 is 0 Å². The zero-order valence-corrected chi connectivity index (χ0v) is 30.6. The minimum Gasteiger partial charge on any atom is -0.398 e. The number of rotatable bonds is 3. The van der Waals surface area contributed by atoms with Crippen LogP contribution in [0.25, 0.3) is 60.3 Å². The standard InChI is InChI=1S/C38H24.C15H14N2/c1-23-22-32-35-29-17-5-3-13-25(29)26-14-4-7-19-31(26)37(35)38(36(32)30-18-6-2-12-24(23)30)33-20-10-8-15-27(33)28-16-9-11-21-34(28)38;16-14(12-7-3-1-4-8-12)11-15(17)13-9-5-2-6-10-13/h2-22H,1H3;1-11,16H,17H2/b;15-11-,16-14?.